The van der Waals surface area contributed by atoms with Crippen LogP contribution in [0.25, 0.3) is 0 Å². The molecule has 20 heavy (non-hydrogen) atoms. The smallest absolute Gasteiger partial charge is 0.387 e. The summed E-state index contributed by atoms with van der Waals surface area (Å²) in [6.45, 7) is -0.167. The van der Waals surface area contributed by atoms with Crippen LogP contribution >= 0.6 is 15.9 Å². The predicted molar refractivity (Wildman–Crippen MR) is 75.0 cm³/mol. The molecule has 1 N–H and O–H groups in total. The fourth-order valence-electron chi connectivity index (χ4n) is 1.95. The highest BCUT2D eigenvalue weighted by Gasteiger charge is 2.20. The molecule has 1 atom stereocenters. The quantitative estimate of drug-likeness (QED) is 0.845. The second kappa shape index (κ2) is 6.85. The lowest BCUT2D eigenvalue weighted by Gasteiger charge is -2.17. The van der Waals surface area contributed by atoms with Gasteiger partial charge in [0.15, 0.2) is 0 Å². The molecule has 0 spiro atoms. The average molecular weight is 346 g/mol. The van der Waals surface area contributed by atoms with E-state index in [0.29, 0.717) is 12.3 Å². The topological polar surface area (TPSA) is 34.4 Å². The Morgan fingerprint density at radius 2 is 2.15 bits per heavy atom. The molecular formula is C14H14BrF2NO2. The van der Waals surface area contributed by atoms with Crippen molar-refractivity contribution in [1.82, 2.24) is 5.32 Å². The molecule has 2 aromatic rings. The van der Waals surface area contributed by atoms with E-state index in [1.165, 1.54) is 6.07 Å². The van der Waals surface area contributed by atoms with Crippen LogP contribution in [0.15, 0.2) is 45.5 Å². The van der Waals surface area contributed by atoms with Gasteiger partial charge in [0.05, 0.1) is 16.8 Å². The maximum absolute atomic E-state index is 12.3. The van der Waals surface area contributed by atoms with Gasteiger partial charge in [0.2, 0.25) is 0 Å². The third-order valence-electron chi connectivity index (χ3n) is 2.73. The molecule has 0 bridgehead atoms. The second-order valence-corrected chi connectivity index (χ2v) is 4.93. The third kappa shape index (κ3) is 3.58. The van der Waals surface area contributed by atoms with Gasteiger partial charge < -0.3 is 14.5 Å². The van der Waals surface area contributed by atoms with E-state index in [1.807, 2.05) is 13.0 Å². The molecule has 0 radical (unpaired) electrons. The molecule has 1 aromatic carbocycles. The van der Waals surface area contributed by atoms with E-state index < -0.39 is 6.61 Å². The van der Waals surface area contributed by atoms with Crippen LogP contribution in [0.5, 0.6) is 5.75 Å². The van der Waals surface area contributed by atoms with E-state index >= 15 is 0 Å². The van der Waals surface area contributed by atoms with Crippen LogP contribution in [0.1, 0.15) is 24.3 Å². The molecule has 1 unspecified atom stereocenters. The van der Waals surface area contributed by atoms with Gasteiger partial charge in [-0.05, 0) is 46.2 Å². The van der Waals surface area contributed by atoms with E-state index in [9.17, 15) is 8.78 Å². The van der Waals surface area contributed by atoms with Crippen LogP contribution in [0.4, 0.5) is 8.78 Å². The first-order chi connectivity index (χ1) is 9.61. The van der Waals surface area contributed by atoms with Gasteiger partial charge >= 0.3 is 6.61 Å². The Balaban J connectivity index is 2.32. The fraction of sp³-hybridized carbons (Fsp3) is 0.286. The van der Waals surface area contributed by atoms with Crippen LogP contribution in [-0.4, -0.2) is 13.2 Å². The largest absolute Gasteiger partial charge is 0.466 e. The van der Waals surface area contributed by atoms with E-state index in [4.69, 9.17) is 4.42 Å². The molecule has 0 aliphatic carbocycles. The average Bonchev–Trinajstić information content (AvgIpc) is 2.81. The molecule has 108 valence electrons. The number of benzene rings is 1. The molecule has 1 aromatic heterocycles. The summed E-state index contributed by atoms with van der Waals surface area (Å²) in [5, 5.41) is 3.26. The van der Waals surface area contributed by atoms with Crippen molar-refractivity contribution < 1.29 is 17.9 Å². The molecular weight excluding hydrogens is 332 g/mol. The molecule has 0 aliphatic rings. The minimum Gasteiger partial charge on any atom is -0.466 e. The van der Waals surface area contributed by atoms with Gasteiger partial charge in [-0.1, -0.05) is 19.1 Å². The normalized spacial score (nSPS) is 12.7. The van der Waals surface area contributed by atoms with E-state index in [1.54, 1.807) is 24.5 Å². The Labute approximate surface area is 124 Å². The fourth-order valence-corrected chi connectivity index (χ4v) is 2.38. The zero-order valence-corrected chi connectivity index (χ0v) is 12.4. The Kier molecular flexibility index (Phi) is 5.14. The van der Waals surface area contributed by atoms with Gasteiger partial charge in [0, 0.05) is 0 Å². The van der Waals surface area contributed by atoms with Crippen molar-refractivity contribution in [3.63, 3.8) is 0 Å². The Morgan fingerprint density at radius 3 is 2.75 bits per heavy atom. The summed E-state index contributed by atoms with van der Waals surface area (Å²) in [5.41, 5.74) is 0.792. The minimum atomic E-state index is -2.84. The molecule has 0 amide bonds. The summed E-state index contributed by atoms with van der Waals surface area (Å²) >= 11 is 3.41. The van der Waals surface area contributed by atoms with E-state index in [0.717, 1.165) is 10.0 Å². The van der Waals surface area contributed by atoms with Crippen molar-refractivity contribution in [3.8, 4) is 5.75 Å². The van der Waals surface area contributed by atoms with Gasteiger partial charge in [0.1, 0.15) is 11.5 Å². The SMILES string of the molecule is CCNC(c1cccc(OC(F)F)c1)c1occc1Br. The van der Waals surface area contributed by atoms with Gasteiger partial charge in [-0.15, -0.1) is 0 Å². The van der Waals surface area contributed by atoms with Crippen LogP contribution in [0.3, 0.4) is 0 Å². The van der Waals surface area contributed by atoms with Crippen LogP contribution < -0.4 is 10.1 Å². The highest BCUT2D eigenvalue weighted by atomic mass is 79.9. The number of hydrogen-bond donors (Lipinski definition) is 1. The highest BCUT2D eigenvalue weighted by Crippen LogP contribution is 2.31. The Morgan fingerprint density at radius 1 is 1.35 bits per heavy atom. The number of halogens is 3. The van der Waals surface area contributed by atoms with Crippen molar-refractivity contribution >= 4 is 15.9 Å². The van der Waals surface area contributed by atoms with Gasteiger partial charge in [-0.2, -0.15) is 8.78 Å². The summed E-state index contributed by atoms with van der Waals surface area (Å²) < 4.78 is 35.3. The minimum absolute atomic E-state index is 0.128. The van der Waals surface area contributed by atoms with Gasteiger partial charge in [-0.25, -0.2) is 0 Å². The van der Waals surface area contributed by atoms with Crippen molar-refractivity contribution in [2.75, 3.05) is 6.54 Å². The zero-order chi connectivity index (χ0) is 14.5. The molecule has 0 fully saturated rings. The summed E-state index contributed by atoms with van der Waals surface area (Å²) in [4.78, 5) is 0. The van der Waals surface area contributed by atoms with Gasteiger partial charge in [0.25, 0.3) is 0 Å². The van der Waals surface area contributed by atoms with Gasteiger partial charge in [-0.3, -0.25) is 0 Å². The predicted octanol–water partition coefficient (Wildman–Crippen LogP) is 4.34. The molecule has 0 aliphatic heterocycles. The molecule has 1 heterocycles. The summed E-state index contributed by atoms with van der Waals surface area (Å²) in [6.07, 6.45) is 1.57. The second-order valence-electron chi connectivity index (χ2n) is 4.07. The standard InChI is InChI=1S/C14H14BrF2NO2/c1-2-18-12(13-11(15)6-7-19-13)9-4-3-5-10(8-9)20-14(16)17/h3-8,12,14,18H,2H2,1H3. The summed E-state index contributed by atoms with van der Waals surface area (Å²) in [6, 6.07) is 8.14. The molecule has 2 rings (SSSR count). The maximum Gasteiger partial charge on any atom is 0.387 e. The number of nitrogens with one attached hydrogen (secondary N) is 1. The van der Waals surface area contributed by atoms with E-state index in [-0.39, 0.29) is 11.8 Å². The first-order valence-electron chi connectivity index (χ1n) is 6.13. The van der Waals surface area contributed by atoms with Crippen molar-refractivity contribution in [2.45, 2.75) is 19.6 Å². The number of ether oxygens (including phenoxy) is 1. The van der Waals surface area contributed by atoms with Crippen molar-refractivity contribution in [2.24, 2.45) is 0 Å². The lowest BCUT2D eigenvalue weighted by atomic mass is 10.0. The lowest BCUT2D eigenvalue weighted by molar-refractivity contribution is -0.0498. The summed E-state index contributed by atoms with van der Waals surface area (Å²) in [5.74, 6) is 0.823. The zero-order valence-electron chi connectivity index (χ0n) is 10.8. The number of rotatable bonds is 6. The summed E-state index contributed by atoms with van der Waals surface area (Å²) in [7, 11) is 0. The third-order valence-corrected chi connectivity index (χ3v) is 3.39. The number of furan rings is 1. The van der Waals surface area contributed by atoms with Crippen molar-refractivity contribution in [1.29, 1.82) is 0 Å². The Hall–Kier alpha value is -1.40. The van der Waals surface area contributed by atoms with Crippen LogP contribution in [-0.2, 0) is 0 Å². The Bertz CT molecular complexity index is 560. The number of hydrogen-bond acceptors (Lipinski definition) is 3. The maximum atomic E-state index is 12.3. The van der Waals surface area contributed by atoms with E-state index in [2.05, 4.69) is 26.0 Å². The van der Waals surface area contributed by atoms with Crippen molar-refractivity contribution in [3.05, 3.63) is 52.4 Å². The molecule has 0 saturated heterocycles. The number of alkyl halides is 2. The first kappa shape index (κ1) is 15.0. The lowest BCUT2D eigenvalue weighted by Crippen LogP contribution is -2.22. The van der Waals surface area contributed by atoms with Crippen LogP contribution in [0.2, 0.25) is 0 Å². The molecule has 0 saturated carbocycles. The van der Waals surface area contributed by atoms with Crippen LogP contribution in [0, 0.1) is 0 Å². The molecule has 3 nitrogen and oxygen atoms in total. The first-order valence-corrected chi connectivity index (χ1v) is 6.92. The molecule has 6 heteroatoms. The monoisotopic (exact) mass is 345 g/mol. The highest BCUT2D eigenvalue weighted by molar-refractivity contribution is 9.10.